The van der Waals surface area contributed by atoms with Gasteiger partial charge in [-0.1, -0.05) is 43.6 Å². The van der Waals surface area contributed by atoms with Gasteiger partial charge in [0.1, 0.15) is 5.02 Å². The standard InChI is InChI=1S/C21H28ClN5O2/c1-15(2)16(3)24-19(28)14-25-9-11-26(12-10-25)18-13-23-27(21(29)20(18)22)17-7-5-4-6-8-17/h4-8,13,15-16H,9-12,14H2,1-3H3,(H,24,28)/p+1/t16-/m1/s1. The van der Waals surface area contributed by atoms with Gasteiger partial charge in [-0.2, -0.15) is 9.78 Å². The Bertz CT molecular complexity index is 892. The van der Waals surface area contributed by atoms with Crippen LogP contribution in [-0.2, 0) is 4.79 Å². The summed E-state index contributed by atoms with van der Waals surface area (Å²) in [5, 5.41) is 7.54. The molecular formula is C21H29ClN5O2+. The lowest BCUT2D eigenvalue weighted by atomic mass is 10.1. The molecule has 0 unspecified atom stereocenters. The number of nitrogens with one attached hydrogen (secondary N) is 2. The molecule has 0 spiro atoms. The van der Waals surface area contributed by atoms with Crippen molar-refractivity contribution in [2.24, 2.45) is 5.92 Å². The highest BCUT2D eigenvalue weighted by Gasteiger charge is 2.25. The summed E-state index contributed by atoms with van der Waals surface area (Å²) in [7, 11) is 0. The van der Waals surface area contributed by atoms with Gasteiger partial charge in [0.05, 0.1) is 43.8 Å². The maximum absolute atomic E-state index is 12.7. The van der Waals surface area contributed by atoms with Crippen LogP contribution in [0.15, 0.2) is 41.3 Å². The number of para-hydroxylation sites is 1. The van der Waals surface area contributed by atoms with Gasteiger partial charge in [0.25, 0.3) is 11.5 Å². The van der Waals surface area contributed by atoms with Crippen molar-refractivity contribution in [3.8, 4) is 5.69 Å². The van der Waals surface area contributed by atoms with Crippen LogP contribution < -0.4 is 20.7 Å². The molecule has 1 fully saturated rings. The third kappa shape index (κ3) is 5.16. The van der Waals surface area contributed by atoms with Crippen molar-refractivity contribution in [2.45, 2.75) is 26.8 Å². The Morgan fingerprint density at radius 2 is 1.86 bits per heavy atom. The first kappa shape index (κ1) is 21.3. The summed E-state index contributed by atoms with van der Waals surface area (Å²) in [5.74, 6) is 0.498. The van der Waals surface area contributed by atoms with Crippen molar-refractivity contribution in [1.29, 1.82) is 0 Å². The first-order valence-corrected chi connectivity index (χ1v) is 10.5. The number of nitrogens with zero attached hydrogens (tertiary/aromatic N) is 3. The molecule has 1 aliphatic rings. The maximum atomic E-state index is 12.7. The maximum Gasteiger partial charge on any atom is 0.292 e. The van der Waals surface area contributed by atoms with Gasteiger partial charge in [-0.3, -0.25) is 9.59 Å². The Hall–Kier alpha value is -2.38. The van der Waals surface area contributed by atoms with Crippen molar-refractivity contribution < 1.29 is 9.69 Å². The second-order valence-electron chi connectivity index (χ2n) is 7.91. The van der Waals surface area contributed by atoms with Gasteiger partial charge in [0, 0.05) is 6.04 Å². The summed E-state index contributed by atoms with van der Waals surface area (Å²) < 4.78 is 1.31. The van der Waals surface area contributed by atoms with Gasteiger partial charge < -0.3 is 15.1 Å². The van der Waals surface area contributed by atoms with E-state index in [4.69, 9.17) is 11.6 Å². The van der Waals surface area contributed by atoms with E-state index in [1.54, 1.807) is 6.20 Å². The van der Waals surface area contributed by atoms with E-state index in [2.05, 4.69) is 29.2 Å². The number of piperazine rings is 1. The molecule has 0 saturated carbocycles. The van der Waals surface area contributed by atoms with Crippen LogP contribution in [0.3, 0.4) is 0 Å². The molecule has 1 aromatic heterocycles. The van der Waals surface area contributed by atoms with Crippen molar-refractivity contribution >= 4 is 23.2 Å². The van der Waals surface area contributed by atoms with Crippen LogP contribution in [0.2, 0.25) is 5.02 Å². The molecular weight excluding hydrogens is 390 g/mol. The second kappa shape index (κ2) is 9.41. The average molecular weight is 419 g/mol. The summed E-state index contributed by atoms with van der Waals surface area (Å²) >= 11 is 6.40. The van der Waals surface area contributed by atoms with Gasteiger partial charge in [0.15, 0.2) is 6.54 Å². The van der Waals surface area contributed by atoms with Crippen molar-refractivity contribution in [3.05, 3.63) is 51.9 Å². The van der Waals surface area contributed by atoms with Crippen LogP contribution in [0.4, 0.5) is 5.69 Å². The van der Waals surface area contributed by atoms with E-state index in [0.29, 0.717) is 23.8 Å². The lowest BCUT2D eigenvalue weighted by Gasteiger charge is -2.33. The summed E-state index contributed by atoms with van der Waals surface area (Å²) in [5.41, 5.74) is 1.01. The number of quaternary nitrogens is 1. The number of anilines is 1. The molecule has 156 valence electrons. The van der Waals surface area contributed by atoms with Crippen molar-refractivity contribution in [2.75, 3.05) is 37.6 Å². The van der Waals surface area contributed by atoms with E-state index < -0.39 is 0 Å². The smallest absolute Gasteiger partial charge is 0.292 e. The highest BCUT2D eigenvalue weighted by molar-refractivity contribution is 6.33. The molecule has 8 heteroatoms. The fourth-order valence-corrected chi connectivity index (χ4v) is 3.59. The molecule has 2 heterocycles. The molecule has 7 nitrogen and oxygen atoms in total. The number of amides is 1. The quantitative estimate of drug-likeness (QED) is 0.726. The summed E-state index contributed by atoms with van der Waals surface area (Å²) in [6.07, 6.45) is 1.65. The van der Waals surface area contributed by atoms with E-state index in [9.17, 15) is 9.59 Å². The van der Waals surface area contributed by atoms with Crippen LogP contribution in [-0.4, -0.2) is 54.5 Å². The molecule has 1 aromatic carbocycles. The number of carbonyl (C=O) groups is 1. The van der Waals surface area contributed by atoms with Gasteiger partial charge in [-0.05, 0) is 25.0 Å². The molecule has 0 bridgehead atoms. The minimum absolute atomic E-state index is 0.0832. The van der Waals surface area contributed by atoms with Crippen LogP contribution in [0.5, 0.6) is 0 Å². The summed E-state index contributed by atoms with van der Waals surface area (Å²) in [6.45, 7) is 9.75. The van der Waals surface area contributed by atoms with E-state index in [1.807, 2.05) is 37.3 Å². The van der Waals surface area contributed by atoms with Crippen molar-refractivity contribution in [3.63, 3.8) is 0 Å². The molecule has 2 N–H and O–H groups in total. The van der Waals surface area contributed by atoms with Crippen molar-refractivity contribution in [1.82, 2.24) is 15.1 Å². The first-order valence-electron chi connectivity index (χ1n) is 10.1. The molecule has 1 aliphatic heterocycles. The molecule has 1 saturated heterocycles. The van der Waals surface area contributed by atoms with Crippen LogP contribution in [0, 0.1) is 5.92 Å². The Labute approximate surface area is 176 Å². The number of benzene rings is 1. The SMILES string of the molecule is CC(C)[C@@H](C)NC(=O)C[NH+]1CCN(c2cnn(-c3ccccc3)c(=O)c2Cl)CC1. The van der Waals surface area contributed by atoms with Gasteiger partial charge >= 0.3 is 0 Å². The minimum Gasteiger partial charge on any atom is -0.358 e. The zero-order valence-electron chi connectivity index (χ0n) is 17.2. The van der Waals surface area contributed by atoms with E-state index >= 15 is 0 Å². The van der Waals surface area contributed by atoms with Crippen LogP contribution in [0.1, 0.15) is 20.8 Å². The fourth-order valence-electron chi connectivity index (χ4n) is 3.34. The normalized spacial score (nSPS) is 16.1. The Kier molecular flexibility index (Phi) is 6.92. The topological polar surface area (TPSA) is 71.7 Å². The number of hydrogen-bond donors (Lipinski definition) is 2. The third-order valence-electron chi connectivity index (χ3n) is 5.51. The molecule has 1 atom stereocenters. The summed E-state index contributed by atoms with van der Waals surface area (Å²) in [4.78, 5) is 28.2. The number of halogens is 1. The number of hydrogen-bond acceptors (Lipinski definition) is 4. The van der Waals surface area contributed by atoms with Crippen LogP contribution in [0.25, 0.3) is 5.69 Å². The first-order chi connectivity index (χ1) is 13.9. The highest BCUT2D eigenvalue weighted by atomic mass is 35.5. The highest BCUT2D eigenvalue weighted by Crippen LogP contribution is 2.21. The van der Waals surface area contributed by atoms with E-state index in [1.165, 1.54) is 9.58 Å². The summed E-state index contributed by atoms with van der Waals surface area (Å²) in [6, 6.07) is 9.39. The van der Waals surface area contributed by atoms with Gasteiger partial charge in [0.2, 0.25) is 0 Å². The third-order valence-corrected chi connectivity index (χ3v) is 5.87. The lowest BCUT2D eigenvalue weighted by Crippen LogP contribution is -3.16. The molecule has 1 amide bonds. The van der Waals surface area contributed by atoms with Crippen LogP contribution >= 0.6 is 11.6 Å². The monoisotopic (exact) mass is 418 g/mol. The molecule has 2 aromatic rings. The Balaban J connectivity index is 1.62. The number of aromatic nitrogens is 2. The fraction of sp³-hybridized carbons (Fsp3) is 0.476. The Morgan fingerprint density at radius 3 is 2.48 bits per heavy atom. The van der Waals surface area contributed by atoms with E-state index in [-0.39, 0.29) is 22.5 Å². The predicted octanol–water partition coefficient (Wildman–Crippen LogP) is 0.752. The average Bonchev–Trinajstić information content (AvgIpc) is 2.71. The van der Waals surface area contributed by atoms with Gasteiger partial charge in [-0.15, -0.1) is 0 Å². The predicted molar refractivity (Wildman–Crippen MR) is 115 cm³/mol. The number of carbonyl (C=O) groups excluding carboxylic acids is 1. The van der Waals surface area contributed by atoms with Gasteiger partial charge in [-0.25, -0.2) is 0 Å². The zero-order valence-corrected chi connectivity index (χ0v) is 17.9. The molecule has 3 rings (SSSR count). The molecule has 0 radical (unpaired) electrons. The minimum atomic E-state index is -0.327. The number of rotatable bonds is 6. The second-order valence-corrected chi connectivity index (χ2v) is 8.29. The molecule has 29 heavy (non-hydrogen) atoms. The molecule has 0 aliphatic carbocycles. The lowest BCUT2D eigenvalue weighted by molar-refractivity contribution is -0.892. The zero-order chi connectivity index (χ0) is 21.0. The Morgan fingerprint density at radius 1 is 1.21 bits per heavy atom. The largest absolute Gasteiger partial charge is 0.358 e. The van der Waals surface area contributed by atoms with E-state index in [0.717, 1.165) is 26.2 Å².